The average Bonchev–Trinajstić information content (AvgIpc) is 3.20. The second-order valence-electron chi connectivity index (χ2n) is 5.27. The predicted octanol–water partition coefficient (Wildman–Crippen LogP) is 3.41. The molecule has 0 bridgehead atoms. The molecule has 3 nitrogen and oxygen atoms in total. The quantitative estimate of drug-likeness (QED) is 0.819. The van der Waals surface area contributed by atoms with Crippen molar-refractivity contribution in [3.63, 3.8) is 0 Å². The number of amides is 1. The molecule has 1 aliphatic rings. The highest BCUT2D eigenvalue weighted by Crippen LogP contribution is 2.29. The molecule has 1 saturated carbocycles. The van der Waals surface area contributed by atoms with Crippen LogP contribution in [0.15, 0.2) is 35.8 Å². The number of benzene rings is 1. The molecule has 1 fully saturated rings. The molecule has 3 rings (SSSR count). The van der Waals surface area contributed by atoms with Crippen molar-refractivity contribution >= 4 is 17.2 Å². The maximum atomic E-state index is 13.6. The first-order valence-corrected chi connectivity index (χ1v) is 8.03. The van der Waals surface area contributed by atoms with E-state index in [2.05, 4.69) is 4.98 Å². The van der Waals surface area contributed by atoms with Crippen LogP contribution in [0.2, 0.25) is 0 Å². The summed E-state index contributed by atoms with van der Waals surface area (Å²) in [6.07, 6.45) is 4.69. The van der Waals surface area contributed by atoms with E-state index in [1.165, 1.54) is 6.07 Å². The first kappa shape index (κ1) is 14.2. The van der Waals surface area contributed by atoms with Crippen LogP contribution in [-0.4, -0.2) is 21.8 Å². The first-order chi connectivity index (χ1) is 10.2. The van der Waals surface area contributed by atoms with Gasteiger partial charge in [0.1, 0.15) is 10.8 Å². The molecule has 0 radical (unpaired) electrons. The number of hydrogen-bond donors (Lipinski definition) is 0. The Labute approximate surface area is 127 Å². The van der Waals surface area contributed by atoms with Crippen molar-refractivity contribution in [2.24, 2.45) is 0 Å². The Kier molecular flexibility index (Phi) is 4.29. The Bertz CT molecular complexity index is 610. The maximum Gasteiger partial charge on any atom is 0.223 e. The first-order valence-electron chi connectivity index (χ1n) is 7.15. The molecule has 1 heterocycles. The fourth-order valence-corrected chi connectivity index (χ4v) is 2.98. The molecule has 110 valence electrons. The van der Waals surface area contributed by atoms with Crippen molar-refractivity contribution in [1.82, 2.24) is 9.88 Å². The summed E-state index contributed by atoms with van der Waals surface area (Å²) in [5.41, 5.74) is 0.607. The summed E-state index contributed by atoms with van der Waals surface area (Å²) in [6, 6.07) is 7.00. The monoisotopic (exact) mass is 304 g/mol. The van der Waals surface area contributed by atoms with Crippen LogP contribution >= 0.6 is 11.3 Å². The van der Waals surface area contributed by atoms with Crippen molar-refractivity contribution in [3.8, 4) is 0 Å². The van der Waals surface area contributed by atoms with Crippen LogP contribution in [0.5, 0.6) is 0 Å². The zero-order chi connectivity index (χ0) is 14.7. The van der Waals surface area contributed by atoms with Crippen LogP contribution in [0, 0.1) is 5.82 Å². The number of halogens is 1. The number of aromatic nitrogens is 1. The number of hydrogen-bond acceptors (Lipinski definition) is 3. The minimum absolute atomic E-state index is 0.0935. The van der Waals surface area contributed by atoms with Crippen molar-refractivity contribution < 1.29 is 9.18 Å². The maximum absolute atomic E-state index is 13.6. The van der Waals surface area contributed by atoms with Crippen LogP contribution in [0.1, 0.15) is 29.8 Å². The van der Waals surface area contributed by atoms with E-state index in [0.29, 0.717) is 31.0 Å². The number of carbonyl (C=O) groups is 1. The van der Waals surface area contributed by atoms with Gasteiger partial charge in [0.2, 0.25) is 5.91 Å². The van der Waals surface area contributed by atoms with Crippen molar-refractivity contribution in [1.29, 1.82) is 0 Å². The van der Waals surface area contributed by atoms with E-state index >= 15 is 0 Å². The minimum Gasteiger partial charge on any atom is -0.333 e. The van der Waals surface area contributed by atoms with E-state index in [9.17, 15) is 9.18 Å². The third-order valence-corrected chi connectivity index (χ3v) is 4.43. The van der Waals surface area contributed by atoms with Gasteiger partial charge in [-0.1, -0.05) is 18.2 Å². The average molecular weight is 304 g/mol. The molecule has 1 aromatic heterocycles. The van der Waals surface area contributed by atoms with E-state index in [4.69, 9.17) is 0 Å². The van der Waals surface area contributed by atoms with Crippen molar-refractivity contribution in [2.75, 3.05) is 0 Å². The van der Waals surface area contributed by atoms with Crippen LogP contribution < -0.4 is 0 Å². The van der Waals surface area contributed by atoms with Gasteiger partial charge >= 0.3 is 0 Å². The van der Waals surface area contributed by atoms with Crippen molar-refractivity contribution in [3.05, 3.63) is 52.2 Å². The summed E-state index contributed by atoms with van der Waals surface area (Å²) < 4.78 is 13.6. The second kappa shape index (κ2) is 6.35. The number of carbonyl (C=O) groups excluding carboxylic acids is 1. The normalized spacial score (nSPS) is 14.1. The summed E-state index contributed by atoms with van der Waals surface area (Å²) in [6.45, 7) is 0.582. The molecule has 0 atom stereocenters. The van der Waals surface area contributed by atoms with E-state index < -0.39 is 0 Å². The summed E-state index contributed by atoms with van der Waals surface area (Å²) in [4.78, 5) is 18.6. The van der Waals surface area contributed by atoms with E-state index in [1.807, 2.05) is 10.3 Å². The largest absolute Gasteiger partial charge is 0.333 e. The summed E-state index contributed by atoms with van der Waals surface area (Å²) in [7, 11) is 0. The summed E-state index contributed by atoms with van der Waals surface area (Å²) in [5.74, 6) is -0.140. The molecular formula is C16H17FN2OS. The molecule has 21 heavy (non-hydrogen) atoms. The van der Waals surface area contributed by atoms with Gasteiger partial charge in [0.25, 0.3) is 0 Å². The standard InChI is InChI=1S/C16H17FN2OS/c17-14-4-2-1-3-12(14)5-8-16(20)19(13-6-7-13)11-15-18-9-10-21-15/h1-4,9-10,13H,5-8,11H2. The highest BCUT2D eigenvalue weighted by atomic mass is 32.1. The number of thiazole rings is 1. The Morgan fingerprint density at radius 1 is 1.38 bits per heavy atom. The Morgan fingerprint density at radius 2 is 2.19 bits per heavy atom. The third kappa shape index (κ3) is 3.67. The topological polar surface area (TPSA) is 33.2 Å². The molecule has 0 unspecified atom stereocenters. The Balaban J connectivity index is 1.61. The third-order valence-electron chi connectivity index (χ3n) is 3.66. The van der Waals surface area contributed by atoms with Crippen LogP contribution in [0.4, 0.5) is 4.39 Å². The smallest absolute Gasteiger partial charge is 0.223 e. The fourth-order valence-electron chi connectivity index (χ4n) is 2.37. The van der Waals surface area contributed by atoms with E-state index in [0.717, 1.165) is 17.8 Å². The van der Waals surface area contributed by atoms with Crippen LogP contribution in [-0.2, 0) is 17.8 Å². The number of nitrogens with zero attached hydrogens (tertiary/aromatic N) is 2. The van der Waals surface area contributed by atoms with Gasteiger partial charge in [-0.3, -0.25) is 4.79 Å². The van der Waals surface area contributed by atoms with Gasteiger partial charge in [-0.15, -0.1) is 11.3 Å². The van der Waals surface area contributed by atoms with Gasteiger partial charge in [-0.05, 0) is 30.9 Å². The van der Waals surface area contributed by atoms with Crippen LogP contribution in [0.3, 0.4) is 0 Å². The van der Waals surface area contributed by atoms with E-state index in [-0.39, 0.29) is 11.7 Å². The Hall–Kier alpha value is -1.75. The molecule has 2 aromatic rings. The van der Waals surface area contributed by atoms with Gasteiger partial charge in [-0.2, -0.15) is 0 Å². The van der Waals surface area contributed by atoms with Gasteiger partial charge in [0, 0.05) is 24.0 Å². The molecule has 1 aliphatic carbocycles. The number of rotatable bonds is 6. The van der Waals surface area contributed by atoms with Gasteiger partial charge in [-0.25, -0.2) is 9.37 Å². The summed E-state index contributed by atoms with van der Waals surface area (Å²) >= 11 is 1.57. The minimum atomic E-state index is -0.233. The van der Waals surface area contributed by atoms with Crippen molar-refractivity contribution in [2.45, 2.75) is 38.3 Å². The lowest BCUT2D eigenvalue weighted by Crippen LogP contribution is -2.32. The highest BCUT2D eigenvalue weighted by molar-refractivity contribution is 7.09. The molecule has 0 aliphatic heterocycles. The lowest BCUT2D eigenvalue weighted by molar-refractivity contribution is -0.132. The molecule has 1 aromatic carbocycles. The molecule has 5 heteroatoms. The Morgan fingerprint density at radius 3 is 2.86 bits per heavy atom. The lowest BCUT2D eigenvalue weighted by Gasteiger charge is -2.21. The molecule has 0 spiro atoms. The SMILES string of the molecule is O=C(CCc1ccccc1F)N(Cc1nccs1)C1CC1. The van der Waals surface area contributed by atoms with Gasteiger partial charge < -0.3 is 4.90 Å². The second-order valence-corrected chi connectivity index (χ2v) is 6.25. The fraction of sp³-hybridized carbons (Fsp3) is 0.375. The molecular weight excluding hydrogens is 287 g/mol. The summed E-state index contributed by atoms with van der Waals surface area (Å²) in [5, 5.41) is 2.88. The van der Waals surface area contributed by atoms with Gasteiger partial charge in [0.15, 0.2) is 0 Å². The zero-order valence-electron chi connectivity index (χ0n) is 11.7. The number of aryl methyl sites for hydroxylation is 1. The highest BCUT2D eigenvalue weighted by Gasteiger charge is 2.32. The molecule has 0 N–H and O–H groups in total. The molecule has 0 saturated heterocycles. The zero-order valence-corrected chi connectivity index (χ0v) is 12.5. The lowest BCUT2D eigenvalue weighted by atomic mass is 10.1. The molecule has 1 amide bonds. The van der Waals surface area contributed by atoms with Gasteiger partial charge in [0.05, 0.1) is 6.54 Å². The predicted molar refractivity (Wildman–Crippen MR) is 80.4 cm³/mol. The van der Waals surface area contributed by atoms with Crippen LogP contribution in [0.25, 0.3) is 0 Å². The van der Waals surface area contributed by atoms with E-state index in [1.54, 1.807) is 35.7 Å².